The van der Waals surface area contributed by atoms with Crippen LogP contribution < -0.4 is 4.74 Å². The summed E-state index contributed by atoms with van der Waals surface area (Å²) in [6, 6.07) is 23.4. The number of fused-ring (bicyclic) bond motifs is 3. The van der Waals surface area contributed by atoms with Gasteiger partial charge in [-0.2, -0.15) is 0 Å². The third-order valence-corrected chi connectivity index (χ3v) is 4.70. The monoisotopic (exact) mass is 327 g/mol. The van der Waals surface area contributed by atoms with E-state index in [9.17, 15) is 0 Å². The molecule has 1 heterocycles. The molecule has 0 unspecified atom stereocenters. The van der Waals surface area contributed by atoms with Gasteiger partial charge in [0.25, 0.3) is 0 Å². The summed E-state index contributed by atoms with van der Waals surface area (Å²) in [7, 11) is 1.69. The largest absolute Gasteiger partial charge is 0.497 e. The average Bonchev–Trinajstić information content (AvgIpc) is 3.00. The first-order chi connectivity index (χ1) is 12.3. The molecule has 0 saturated heterocycles. The van der Waals surface area contributed by atoms with Crippen LogP contribution >= 0.6 is 0 Å². The smallest absolute Gasteiger partial charge is 0.118 e. The molecule has 0 N–H and O–H groups in total. The van der Waals surface area contributed by atoms with Gasteiger partial charge in [-0.3, -0.25) is 0 Å². The number of aryl methyl sites for hydroxylation is 1. The minimum atomic E-state index is 0.881. The first kappa shape index (κ1) is 15.5. The summed E-state index contributed by atoms with van der Waals surface area (Å²) in [5, 5.41) is 2.63. The van der Waals surface area contributed by atoms with Crippen molar-refractivity contribution < 1.29 is 4.74 Å². The van der Waals surface area contributed by atoms with Gasteiger partial charge in [-0.1, -0.05) is 48.6 Å². The molecule has 25 heavy (non-hydrogen) atoms. The Kier molecular flexibility index (Phi) is 4.02. The van der Waals surface area contributed by atoms with E-state index in [1.807, 2.05) is 12.1 Å². The van der Waals surface area contributed by atoms with Gasteiger partial charge in [0.1, 0.15) is 5.75 Å². The zero-order valence-electron chi connectivity index (χ0n) is 14.6. The van der Waals surface area contributed by atoms with E-state index in [0.717, 1.165) is 17.9 Å². The number of nitrogens with zero attached hydrogens (tertiary/aromatic N) is 1. The van der Waals surface area contributed by atoms with Crippen molar-refractivity contribution in [1.82, 2.24) is 4.57 Å². The summed E-state index contributed by atoms with van der Waals surface area (Å²) in [4.78, 5) is 0. The lowest BCUT2D eigenvalue weighted by Gasteiger charge is -2.03. The number of hydrogen-bond acceptors (Lipinski definition) is 1. The number of aromatic nitrogens is 1. The molecule has 124 valence electrons. The number of benzene rings is 3. The van der Waals surface area contributed by atoms with E-state index >= 15 is 0 Å². The van der Waals surface area contributed by atoms with Gasteiger partial charge in [0, 0.05) is 28.4 Å². The van der Waals surface area contributed by atoms with E-state index in [1.54, 1.807) is 7.11 Å². The number of para-hydroxylation sites is 1. The van der Waals surface area contributed by atoms with Crippen molar-refractivity contribution in [1.29, 1.82) is 0 Å². The molecular formula is C23H21NO. The van der Waals surface area contributed by atoms with Crippen LogP contribution in [0.4, 0.5) is 0 Å². The van der Waals surface area contributed by atoms with Crippen LogP contribution in [-0.2, 0) is 6.54 Å². The fourth-order valence-corrected chi connectivity index (χ4v) is 3.42. The molecule has 0 aliphatic carbocycles. The molecule has 3 aromatic carbocycles. The van der Waals surface area contributed by atoms with E-state index in [0.29, 0.717) is 0 Å². The summed E-state index contributed by atoms with van der Waals surface area (Å²) in [5.74, 6) is 0.881. The van der Waals surface area contributed by atoms with E-state index < -0.39 is 0 Å². The van der Waals surface area contributed by atoms with E-state index in [2.05, 4.69) is 78.2 Å². The second kappa shape index (κ2) is 6.48. The van der Waals surface area contributed by atoms with Crippen molar-refractivity contribution in [3.63, 3.8) is 0 Å². The van der Waals surface area contributed by atoms with Gasteiger partial charge in [-0.25, -0.2) is 0 Å². The average molecular weight is 327 g/mol. The van der Waals surface area contributed by atoms with E-state index in [4.69, 9.17) is 4.74 Å². The molecule has 2 heteroatoms. The Morgan fingerprint density at radius 3 is 2.24 bits per heavy atom. The van der Waals surface area contributed by atoms with Gasteiger partial charge in [0.05, 0.1) is 7.11 Å². The van der Waals surface area contributed by atoms with Crippen LogP contribution in [0, 0.1) is 0 Å². The Bertz CT molecular complexity index is 1050. The third-order valence-electron chi connectivity index (χ3n) is 4.70. The van der Waals surface area contributed by atoms with E-state index in [1.165, 1.54) is 27.4 Å². The topological polar surface area (TPSA) is 14.2 Å². The zero-order valence-corrected chi connectivity index (χ0v) is 14.6. The molecule has 0 aliphatic rings. The molecule has 4 rings (SSSR count). The van der Waals surface area contributed by atoms with Crippen molar-refractivity contribution >= 4 is 34.0 Å². The molecule has 0 fully saturated rings. The maximum absolute atomic E-state index is 5.21. The van der Waals surface area contributed by atoms with Crippen molar-refractivity contribution in [3.8, 4) is 5.75 Å². The summed E-state index contributed by atoms with van der Waals surface area (Å²) in [6.45, 7) is 3.18. The van der Waals surface area contributed by atoms with Crippen molar-refractivity contribution in [2.24, 2.45) is 0 Å². The summed E-state index contributed by atoms with van der Waals surface area (Å²) in [5.41, 5.74) is 4.97. The summed E-state index contributed by atoms with van der Waals surface area (Å²) >= 11 is 0. The second-order valence-corrected chi connectivity index (χ2v) is 6.14. The number of rotatable bonds is 4. The van der Waals surface area contributed by atoms with Gasteiger partial charge >= 0.3 is 0 Å². The minimum absolute atomic E-state index is 0.881. The quantitative estimate of drug-likeness (QED) is 0.420. The van der Waals surface area contributed by atoms with Gasteiger partial charge in [0.15, 0.2) is 0 Å². The first-order valence-corrected chi connectivity index (χ1v) is 8.63. The highest BCUT2D eigenvalue weighted by Crippen LogP contribution is 2.30. The predicted molar refractivity (Wildman–Crippen MR) is 107 cm³/mol. The number of ether oxygens (including phenoxy) is 1. The molecule has 0 saturated carbocycles. The Hall–Kier alpha value is -3.00. The molecule has 2 nitrogen and oxygen atoms in total. The highest BCUT2D eigenvalue weighted by molar-refractivity contribution is 6.08. The Morgan fingerprint density at radius 1 is 0.800 bits per heavy atom. The zero-order chi connectivity index (χ0) is 17.2. The lowest BCUT2D eigenvalue weighted by Crippen LogP contribution is -1.92. The first-order valence-electron chi connectivity index (χ1n) is 8.63. The maximum Gasteiger partial charge on any atom is 0.118 e. The molecule has 0 spiro atoms. The molecular weight excluding hydrogens is 306 g/mol. The van der Waals surface area contributed by atoms with Crippen LogP contribution in [0.3, 0.4) is 0 Å². The molecule has 0 bridgehead atoms. The molecule has 0 aliphatic heterocycles. The highest BCUT2D eigenvalue weighted by Gasteiger charge is 2.08. The van der Waals surface area contributed by atoms with Crippen molar-refractivity contribution in [2.45, 2.75) is 13.5 Å². The Labute approximate surface area is 148 Å². The predicted octanol–water partition coefficient (Wildman–Crippen LogP) is 5.99. The van der Waals surface area contributed by atoms with Gasteiger partial charge in [0.2, 0.25) is 0 Å². The number of methoxy groups -OCH3 is 1. The molecule has 0 amide bonds. The maximum atomic E-state index is 5.21. The highest BCUT2D eigenvalue weighted by atomic mass is 16.5. The molecule has 0 atom stereocenters. The Balaban J connectivity index is 1.75. The minimum Gasteiger partial charge on any atom is -0.497 e. The van der Waals surface area contributed by atoms with Gasteiger partial charge in [-0.05, 0) is 48.4 Å². The van der Waals surface area contributed by atoms with Crippen molar-refractivity contribution in [3.05, 3.63) is 77.9 Å². The van der Waals surface area contributed by atoms with Gasteiger partial charge in [-0.15, -0.1) is 0 Å². The van der Waals surface area contributed by atoms with Crippen LogP contribution in [-0.4, -0.2) is 11.7 Å². The fourth-order valence-electron chi connectivity index (χ4n) is 3.42. The molecule has 0 radical (unpaired) electrons. The van der Waals surface area contributed by atoms with Crippen LogP contribution in [0.15, 0.2) is 66.7 Å². The SMILES string of the molecule is CCn1c2ccccc2c2cc(C=Cc3ccc(OC)cc3)ccc21. The Morgan fingerprint density at radius 2 is 1.48 bits per heavy atom. The molecule has 1 aromatic heterocycles. The van der Waals surface area contributed by atoms with Crippen LogP contribution in [0.5, 0.6) is 5.75 Å². The molecule has 4 aromatic rings. The summed E-state index contributed by atoms with van der Waals surface area (Å²) in [6.07, 6.45) is 4.30. The van der Waals surface area contributed by atoms with Crippen LogP contribution in [0.25, 0.3) is 34.0 Å². The lowest BCUT2D eigenvalue weighted by molar-refractivity contribution is 0.415. The van der Waals surface area contributed by atoms with Gasteiger partial charge < -0.3 is 9.30 Å². The number of hydrogen-bond donors (Lipinski definition) is 0. The van der Waals surface area contributed by atoms with Crippen LogP contribution in [0.2, 0.25) is 0 Å². The second-order valence-electron chi connectivity index (χ2n) is 6.14. The van der Waals surface area contributed by atoms with E-state index in [-0.39, 0.29) is 0 Å². The lowest BCUT2D eigenvalue weighted by atomic mass is 10.1. The van der Waals surface area contributed by atoms with Crippen molar-refractivity contribution in [2.75, 3.05) is 7.11 Å². The summed E-state index contributed by atoms with van der Waals surface area (Å²) < 4.78 is 7.58. The fraction of sp³-hybridized carbons (Fsp3) is 0.130. The standard InChI is InChI=1S/C23H21NO/c1-3-24-22-7-5-4-6-20(22)21-16-18(12-15-23(21)24)9-8-17-10-13-19(25-2)14-11-17/h4-16H,3H2,1-2H3. The normalized spacial score (nSPS) is 11.6. The third kappa shape index (κ3) is 2.80. The van der Waals surface area contributed by atoms with Crippen LogP contribution in [0.1, 0.15) is 18.1 Å².